The molecule has 7 heteroatoms. The van der Waals surface area contributed by atoms with E-state index in [1.54, 1.807) is 0 Å². The van der Waals surface area contributed by atoms with Gasteiger partial charge in [0, 0.05) is 64.2 Å². The third-order valence-corrected chi connectivity index (χ3v) is 4.75. The second-order valence-electron chi connectivity index (χ2n) is 6.59. The van der Waals surface area contributed by atoms with Crippen LogP contribution in [0.1, 0.15) is 27.2 Å². The van der Waals surface area contributed by atoms with Gasteiger partial charge in [-0.25, -0.2) is 0 Å². The molecule has 1 atom stereocenters. The molecule has 0 aliphatic carbocycles. The van der Waals surface area contributed by atoms with Crippen molar-refractivity contribution in [2.75, 3.05) is 52.4 Å². The van der Waals surface area contributed by atoms with Gasteiger partial charge in [-0.05, 0) is 32.9 Å². The number of aliphatic imine (C=N–C) groups is 1. The molecule has 1 aromatic rings. The van der Waals surface area contributed by atoms with Gasteiger partial charge in [0.15, 0.2) is 5.96 Å². The molecular formula is C18H35N7. The number of aromatic nitrogens is 2. The van der Waals surface area contributed by atoms with Crippen LogP contribution in [0.4, 0.5) is 0 Å². The van der Waals surface area contributed by atoms with Crippen LogP contribution in [0.5, 0.6) is 0 Å². The van der Waals surface area contributed by atoms with Gasteiger partial charge < -0.3 is 15.5 Å². The molecule has 2 N–H and O–H groups in total. The fraction of sp³-hybridized carbons (Fsp3) is 0.778. The van der Waals surface area contributed by atoms with E-state index in [0.717, 1.165) is 58.2 Å². The highest BCUT2D eigenvalue weighted by atomic mass is 15.3. The van der Waals surface area contributed by atoms with Crippen molar-refractivity contribution >= 4 is 5.96 Å². The molecule has 7 nitrogen and oxygen atoms in total. The minimum Gasteiger partial charge on any atom is -0.357 e. The van der Waals surface area contributed by atoms with Crippen molar-refractivity contribution in [3.8, 4) is 0 Å². The van der Waals surface area contributed by atoms with E-state index in [1.807, 2.05) is 23.1 Å². The Kier molecular flexibility index (Phi) is 8.76. The predicted molar refractivity (Wildman–Crippen MR) is 104 cm³/mol. The first-order valence-electron chi connectivity index (χ1n) is 9.69. The standard InChI is InChI=1S/C18H35N7/c1-4-19-18(20-8-6-10-25-11-7-9-22-25)21-16-17(3)24-14-12-23(5-2)13-15-24/h7,9,11,17H,4-6,8,10,12-16H2,1-3H3,(H2,19,20,21). The predicted octanol–water partition coefficient (Wildman–Crippen LogP) is 0.854. The van der Waals surface area contributed by atoms with Gasteiger partial charge in [-0.3, -0.25) is 14.6 Å². The Bertz CT molecular complexity index is 478. The molecule has 1 aliphatic rings. The first-order chi connectivity index (χ1) is 12.2. The molecule has 0 saturated carbocycles. The molecule has 142 valence electrons. The Morgan fingerprint density at radius 3 is 2.64 bits per heavy atom. The highest BCUT2D eigenvalue weighted by Crippen LogP contribution is 2.06. The Hall–Kier alpha value is -1.60. The van der Waals surface area contributed by atoms with Gasteiger partial charge in [0.25, 0.3) is 0 Å². The summed E-state index contributed by atoms with van der Waals surface area (Å²) in [4.78, 5) is 9.84. The number of rotatable bonds is 9. The van der Waals surface area contributed by atoms with E-state index in [2.05, 4.69) is 46.3 Å². The lowest BCUT2D eigenvalue weighted by atomic mass is 10.2. The Labute approximate surface area is 152 Å². The molecule has 1 aliphatic heterocycles. The van der Waals surface area contributed by atoms with Crippen LogP contribution in [0.3, 0.4) is 0 Å². The lowest BCUT2D eigenvalue weighted by Gasteiger charge is -2.37. The summed E-state index contributed by atoms with van der Waals surface area (Å²) in [6.07, 6.45) is 4.85. The third-order valence-electron chi connectivity index (χ3n) is 4.75. The number of guanidine groups is 1. The van der Waals surface area contributed by atoms with Gasteiger partial charge in [-0.15, -0.1) is 0 Å². The van der Waals surface area contributed by atoms with Crippen LogP contribution in [-0.2, 0) is 6.54 Å². The molecule has 2 heterocycles. The van der Waals surface area contributed by atoms with Gasteiger partial charge in [0.05, 0.1) is 6.54 Å². The van der Waals surface area contributed by atoms with Gasteiger partial charge in [0.1, 0.15) is 0 Å². The van der Waals surface area contributed by atoms with Crippen molar-refractivity contribution in [1.29, 1.82) is 0 Å². The maximum absolute atomic E-state index is 4.78. The Balaban J connectivity index is 1.70. The van der Waals surface area contributed by atoms with Crippen molar-refractivity contribution in [2.24, 2.45) is 4.99 Å². The van der Waals surface area contributed by atoms with Crippen molar-refractivity contribution < 1.29 is 0 Å². The van der Waals surface area contributed by atoms with Crippen LogP contribution in [-0.4, -0.2) is 83.9 Å². The summed E-state index contributed by atoms with van der Waals surface area (Å²) in [5.41, 5.74) is 0. The molecule has 25 heavy (non-hydrogen) atoms. The number of nitrogens with one attached hydrogen (secondary N) is 2. The number of likely N-dealkylation sites (N-methyl/N-ethyl adjacent to an activating group) is 1. The summed E-state index contributed by atoms with van der Waals surface area (Å²) >= 11 is 0. The van der Waals surface area contributed by atoms with Crippen LogP contribution in [0.25, 0.3) is 0 Å². The molecule has 0 amide bonds. The average Bonchev–Trinajstić information content (AvgIpc) is 3.16. The molecule has 1 unspecified atom stereocenters. The molecule has 0 aromatic carbocycles. The zero-order chi connectivity index (χ0) is 17.9. The summed E-state index contributed by atoms with van der Waals surface area (Å²) in [7, 11) is 0. The van der Waals surface area contributed by atoms with E-state index in [1.165, 1.54) is 13.1 Å². The van der Waals surface area contributed by atoms with Crippen LogP contribution >= 0.6 is 0 Å². The van der Waals surface area contributed by atoms with Gasteiger partial charge in [0.2, 0.25) is 0 Å². The fourth-order valence-corrected chi connectivity index (χ4v) is 3.08. The maximum atomic E-state index is 4.78. The minimum atomic E-state index is 0.485. The molecule has 1 aromatic heterocycles. The summed E-state index contributed by atoms with van der Waals surface area (Å²) in [6.45, 7) is 16.0. The molecule has 1 fully saturated rings. The fourth-order valence-electron chi connectivity index (χ4n) is 3.08. The summed E-state index contributed by atoms with van der Waals surface area (Å²) in [5, 5.41) is 11.0. The van der Waals surface area contributed by atoms with Crippen LogP contribution < -0.4 is 10.6 Å². The number of piperazine rings is 1. The smallest absolute Gasteiger partial charge is 0.191 e. The molecular weight excluding hydrogens is 314 g/mol. The van der Waals surface area contributed by atoms with Crippen molar-refractivity contribution in [1.82, 2.24) is 30.2 Å². The lowest BCUT2D eigenvalue weighted by molar-refractivity contribution is 0.109. The first kappa shape index (κ1) is 19.7. The average molecular weight is 350 g/mol. The van der Waals surface area contributed by atoms with Gasteiger partial charge >= 0.3 is 0 Å². The molecule has 0 bridgehead atoms. The van der Waals surface area contributed by atoms with E-state index in [4.69, 9.17) is 4.99 Å². The SMILES string of the molecule is CCNC(=NCC(C)N1CCN(CC)CC1)NCCCn1cccn1. The molecule has 0 radical (unpaired) electrons. The van der Waals surface area contributed by atoms with E-state index in [-0.39, 0.29) is 0 Å². The van der Waals surface area contributed by atoms with Crippen molar-refractivity contribution in [2.45, 2.75) is 39.8 Å². The zero-order valence-electron chi connectivity index (χ0n) is 16.1. The van der Waals surface area contributed by atoms with Crippen molar-refractivity contribution in [3.05, 3.63) is 18.5 Å². The quantitative estimate of drug-likeness (QED) is 0.393. The maximum Gasteiger partial charge on any atom is 0.191 e. The largest absolute Gasteiger partial charge is 0.357 e. The normalized spacial score (nSPS) is 18.3. The second-order valence-corrected chi connectivity index (χ2v) is 6.59. The van der Waals surface area contributed by atoms with Gasteiger partial charge in [-0.1, -0.05) is 6.92 Å². The monoisotopic (exact) mass is 349 g/mol. The van der Waals surface area contributed by atoms with Crippen LogP contribution in [0.15, 0.2) is 23.5 Å². The van der Waals surface area contributed by atoms with E-state index in [0.29, 0.717) is 6.04 Å². The molecule has 0 spiro atoms. The van der Waals surface area contributed by atoms with Crippen molar-refractivity contribution in [3.63, 3.8) is 0 Å². The summed E-state index contributed by atoms with van der Waals surface area (Å²) in [5.74, 6) is 0.919. The highest BCUT2D eigenvalue weighted by Gasteiger charge is 2.19. The third kappa shape index (κ3) is 7.04. The Morgan fingerprint density at radius 1 is 1.20 bits per heavy atom. The van der Waals surface area contributed by atoms with E-state index < -0.39 is 0 Å². The number of nitrogens with zero attached hydrogens (tertiary/aromatic N) is 5. The number of hydrogen-bond acceptors (Lipinski definition) is 4. The number of aryl methyl sites for hydroxylation is 1. The summed E-state index contributed by atoms with van der Waals surface area (Å²) < 4.78 is 1.96. The topological polar surface area (TPSA) is 60.7 Å². The van der Waals surface area contributed by atoms with Crippen LogP contribution in [0, 0.1) is 0 Å². The molecule has 1 saturated heterocycles. The highest BCUT2D eigenvalue weighted by molar-refractivity contribution is 5.79. The first-order valence-corrected chi connectivity index (χ1v) is 9.69. The van der Waals surface area contributed by atoms with E-state index >= 15 is 0 Å². The summed E-state index contributed by atoms with van der Waals surface area (Å²) in [6, 6.07) is 2.44. The molecule has 2 rings (SSSR count). The second kappa shape index (κ2) is 11.1. The Morgan fingerprint density at radius 2 is 2.00 bits per heavy atom. The van der Waals surface area contributed by atoms with E-state index in [9.17, 15) is 0 Å². The lowest BCUT2D eigenvalue weighted by Crippen LogP contribution is -2.50. The minimum absolute atomic E-state index is 0.485. The van der Waals surface area contributed by atoms with Crippen LogP contribution in [0.2, 0.25) is 0 Å². The number of hydrogen-bond donors (Lipinski definition) is 2. The zero-order valence-corrected chi connectivity index (χ0v) is 16.1. The van der Waals surface area contributed by atoms with Gasteiger partial charge in [-0.2, -0.15) is 5.10 Å².